The number of β-amino-alcohol motifs (C(OH)–C–C–N with tert-alkyl or cyclic N) is 1. The van der Waals surface area contributed by atoms with Gasteiger partial charge >= 0.3 is 0 Å². The second kappa shape index (κ2) is 5.98. The molecule has 1 atom stereocenters. The summed E-state index contributed by atoms with van der Waals surface area (Å²) in [4.78, 5) is 15.7. The second-order valence-electron chi connectivity index (χ2n) is 4.83. The molecule has 4 heteroatoms. The highest BCUT2D eigenvalue weighted by Gasteiger charge is 2.32. The first-order valence-corrected chi connectivity index (χ1v) is 5.93. The normalized spacial score (nSPS) is 24.6. The second-order valence-corrected chi connectivity index (χ2v) is 4.83. The van der Waals surface area contributed by atoms with Crippen molar-refractivity contribution < 1.29 is 9.90 Å². The van der Waals surface area contributed by atoms with Crippen molar-refractivity contribution in [1.82, 2.24) is 9.80 Å². The number of carbonyl (C=O) groups excluding carboxylic acids is 1. The molecule has 0 saturated carbocycles. The fourth-order valence-corrected chi connectivity index (χ4v) is 2.05. The van der Waals surface area contributed by atoms with Crippen molar-refractivity contribution >= 4 is 5.91 Å². The minimum Gasteiger partial charge on any atom is -0.389 e. The molecular formula is C13H22N2O2. The first-order valence-electron chi connectivity index (χ1n) is 5.93. The highest BCUT2D eigenvalue weighted by molar-refractivity contribution is 5.78. The van der Waals surface area contributed by atoms with Crippen molar-refractivity contribution in [2.45, 2.75) is 18.9 Å². The third kappa shape index (κ3) is 4.32. The predicted octanol–water partition coefficient (Wildman–Crippen LogP) is 0.644. The molecule has 1 amide bonds. The summed E-state index contributed by atoms with van der Waals surface area (Å²) in [6.07, 6.45) is 4.15. The number of likely N-dealkylation sites (tertiary alicyclic amines) is 1. The Morgan fingerprint density at radius 1 is 1.47 bits per heavy atom. The first kappa shape index (κ1) is 13.9. The first-order chi connectivity index (χ1) is 7.98. The average molecular weight is 238 g/mol. The third-order valence-corrected chi connectivity index (χ3v) is 2.94. The van der Waals surface area contributed by atoms with E-state index in [0.717, 1.165) is 13.0 Å². The van der Waals surface area contributed by atoms with Gasteiger partial charge in [-0.3, -0.25) is 9.69 Å². The van der Waals surface area contributed by atoms with E-state index in [1.165, 1.54) is 0 Å². The molecule has 0 bridgehead atoms. The van der Waals surface area contributed by atoms with Crippen molar-refractivity contribution in [3.05, 3.63) is 25.3 Å². The molecule has 0 aromatic rings. The lowest BCUT2D eigenvalue weighted by Crippen LogP contribution is -2.41. The van der Waals surface area contributed by atoms with Gasteiger partial charge in [-0.1, -0.05) is 12.2 Å². The van der Waals surface area contributed by atoms with Gasteiger partial charge in [-0.2, -0.15) is 0 Å². The molecule has 0 aromatic carbocycles. The largest absolute Gasteiger partial charge is 0.389 e. The number of aliphatic hydroxyl groups is 1. The van der Waals surface area contributed by atoms with Crippen molar-refractivity contribution in [3.8, 4) is 0 Å². The molecule has 4 nitrogen and oxygen atoms in total. The van der Waals surface area contributed by atoms with Crippen LogP contribution in [0.25, 0.3) is 0 Å². The van der Waals surface area contributed by atoms with Gasteiger partial charge in [0.2, 0.25) is 5.91 Å². The van der Waals surface area contributed by atoms with Gasteiger partial charge in [0.1, 0.15) is 0 Å². The quantitative estimate of drug-likeness (QED) is 0.691. The maximum absolute atomic E-state index is 12.0. The molecule has 1 unspecified atom stereocenters. The molecule has 0 aliphatic carbocycles. The zero-order chi connectivity index (χ0) is 12.9. The van der Waals surface area contributed by atoms with Crippen LogP contribution in [0.2, 0.25) is 0 Å². The smallest absolute Gasteiger partial charge is 0.237 e. The van der Waals surface area contributed by atoms with E-state index >= 15 is 0 Å². The third-order valence-electron chi connectivity index (χ3n) is 2.94. The Balaban J connectivity index is 2.47. The molecule has 0 aromatic heterocycles. The molecule has 1 aliphatic heterocycles. The molecule has 1 saturated heterocycles. The Morgan fingerprint density at radius 2 is 2.06 bits per heavy atom. The fourth-order valence-electron chi connectivity index (χ4n) is 2.05. The Kier molecular flexibility index (Phi) is 4.90. The van der Waals surface area contributed by atoms with Gasteiger partial charge in [0, 0.05) is 26.2 Å². The van der Waals surface area contributed by atoms with Gasteiger partial charge in [0.15, 0.2) is 0 Å². The molecule has 0 radical (unpaired) electrons. The number of nitrogens with zero attached hydrogens (tertiary/aromatic N) is 2. The van der Waals surface area contributed by atoms with Crippen LogP contribution >= 0.6 is 0 Å². The van der Waals surface area contributed by atoms with Crippen molar-refractivity contribution in [2.24, 2.45) is 0 Å². The van der Waals surface area contributed by atoms with Crippen LogP contribution in [0.1, 0.15) is 13.3 Å². The van der Waals surface area contributed by atoms with Gasteiger partial charge in [-0.15, -0.1) is 13.2 Å². The van der Waals surface area contributed by atoms with E-state index in [4.69, 9.17) is 0 Å². The van der Waals surface area contributed by atoms with E-state index in [0.29, 0.717) is 26.2 Å². The average Bonchev–Trinajstić information content (AvgIpc) is 2.57. The summed E-state index contributed by atoms with van der Waals surface area (Å²) in [5.41, 5.74) is -0.651. The fraction of sp³-hybridized carbons (Fsp3) is 0.615. The molecule has 1 fully saturated rings. The Morgan fingerprint density at radius 3 is 2.47 bits per heavy atom. The molecule has 1 N–H and O–H groups in total. The van der Waals surface area contributed by atoms with E-state index in [1.54, 1.807) is 17.1 Å². The molecule has 17 heavy (non-hydrogen) atoms. The van der Waals surface area contributed by atoms with Gasteiger partial charge in [-0.05, 0) is 13.3 Å². The number of hydrogen-bond donors (Lipinski definition) is 1. The molecule has 1 rings (SSSR count). The maximum Gasteiger partial charge on any atom is 0.237 e. The van der Waals surface area contributed by atoms with Crippen LogP contribution in [-0.4, -0.2) is 59.1 Å². The summed E-state index contributed by atoms with van der Waals surface area (Å²) in [7, 11) is 0. The van der Waals surface area contributed by atoms with Gasteiger partial charge in [0.25, 0.3) is 0 Å². The number of rotatable bonds is 6. The SMILES string of the molecule is C=CCN(CC=C)C(=O)CN1CCC(C)(O)C1. The maximum atomic E-state index is 12.0. The van der Waals surface area contributed by atoms with E-state index in [-0.39, 0.29) is 5.91 Å². The summed E-state index contributed by atoms with van der Waals surface area (Å²) in [5, 5.41) is 9.82. The summed E-state index contributed by atoms with van der Waals surface area (Å²) in [5.74, 6) is 0.0579. The van der Waals surface area contributed by atoms with Crippen LogP contribution < -0.4 is 0 Å². The van der Waals surface area contributed by atoms with E-state index < -0.39 is 5.60 Å². The minimum atomic E-state index is -0.651. The molecular weight excluding hydrogens is 216 g/mol. The molecule has 96 valence electrons. The zero-order valence-electron chi connectivity index (χ0n) is 10.6. The van der Waals surface area contributed by atoms with Crippen LogP contribution in [0, 0.1) is 0 Å². The number of amides is 1. The lowest BCUT2D eigenvalue weighted by atomic mass is 10.1. The molecule has 0 spiro atoms. The lowest BCUT2D eigenvalue weighted by molar-refractivity contribution is -0.131. The summed E-state index contributed by atoms with van der Waals surface area (Å²) >= 11 is 0. The zero-order valence-corrected chi connectivity index (χ0v) is 10.6. The molecule has 1 aliphatic rings. The molecule has 1 heterocycles. The van der Waals surface area contributed by atoms with E-state index in [1.807, 2.05) is 11.8 Å². The monoisotopic (exact) mass is 238 g/mol. The number of hydrogen-bond acceptors (Lipinski definition) is 3. The van der Waals surface area contributed by atoms with Crippen LogP contribution in [0.15, 0.2) is 25.3 Å². The van der Waals surface area contributed by atoms with Crippen LogP contribution in [-0.2, 0) is 4.79 Å². The Labute approximate surface area is 103 Å². The standard InChI is InChI=1S/C13H22N2O2/c1-4-7-15(8-5-2)12(16)10-14-9-6-13(3,17)11-14/h4-5,17H,1-2,6-11H2,3H3. The Bertz CT molecular complexity index is 290. The predicted molar refractivity (Wildman–Crippen MR) is 68.7 cm³/mol. The summed E-state index contributed by atoms with van der Waals surface area (Å²) < 4.78 is 0. The minimum absolute atomic E-state index is 0.0579. The van der Waals surface area contributed by atoms with Gasteiger partial charge in [-0.25, -0.2) is 0 Å². The van der Waals surface area contributed by atoms with Gasteiger partial charge in [0.05, 0.1) is 12.1 Å². The summed E-state index contributed by atoms with van der Waals surface area (Å²) in [6.45, 7) is 11.9. The lowest BCUT2D eigenvalue weighted by Gasteiger charge is -2.23. The van der Waals surface area contributed by atoms with E-state index in [2.05, 4.69) is 13.2 Å². The van der Waals surface area contributed by atoms with Crippen LogP contribution in [0.3, 0.4) is 0 Å². The highest BCUT2D eigenvalue weighted by Crippen LogP contribution is 2.19. The van der Waals surface area contributed by atoms with Crippen LogP contribution in [0.5, 0.6) is 0 Å². The highest BCUT2D eigenvalue weighted by atomic mass is 16.3. The number of carbonyl (C=O) groups is 1. The van der Waals surface area contributed by atoms with E-state index in [9.17, 15) is 9.90 Å². The van der Waals surface area contributed by atoms with Gasteiger partial charge < -0.3 is 10.0 Å². The van der Waals surface area contributed by atoms with Crippen molar-refractivity contribution in [1.29, 1.82) is 0 Å². The topological polar surface area (TPSA) is 43.8 Å². The summed E-state index contributed by atoms with van der Waals surface area (Å²) in [6, 6.07) is 0. The Hall–Kier alpha value is -1.13. The van der Waals surface area contributed by atoms with Crippen LogP contribution in [0.4, 0.5) is 0 Å². The van der Waals surface area contributed by atoms with Crippen molar-refractivity contribution in [3.63, 3.8) is 0 Å². The van der Waals surface area contributed by atoms with Crippen molar-refractivity contribution in [2.75, 3.05) is 32.7 Å².